The molecule has 0 amide bonds. The van der Waals surface area contributed by atoms with Gasteiger partial charge in [0.1, 0.15) is 11.9 Å². The smallest absolute Gasteiger partial charge is 0.305 e. The minimum absolute atomic E-state index is 0.134. The average Bonchev–Trinajstić information content (AvgIpc) is 3.26. The molecule has 2 aliphatic heterocycles. The number of aromatic nitrogens is 3. The lowest BCUT2D eigenvalue weighted by atomic mass is 10.00. The zero-order chi connectivity index (χ0) is 25.1. The van der Waals surface area contributed by atoms with Crippen LogP contribution >= 0.6 is 23.4 Å². The molecule has 0 N–H and O–H groups in total. The van der Waals surface area contributed by atoms with E-state index in [-0.39, 0.29) is 12.4 Å². The van der Waals surface area contributed by atoms with E-state index in [9.17, 15) is 4.79 Å². The summed E-state index contributed by atoms with van der Waals surface area (Å²) in [4.78, 5) is 19.2. The number of carbonyl (C=O) groups excluding carboxylic acids is 1. The number of rotatable bonds is 7. The second-order valence-corrected chi connectivity index (χ2v) is 9.78. The predicted molar refractivity (Wildman–Crippen MR) is 136 cm³/mol. The van der Waals surface area contributed by atoms with Crippen molar-refractivity contribution >= 4 is 35.0 Å². The Morgan fingerprint density at radius 2 is 2.00 bits per heavy atom. The van der Waals surface area contributed by atoms with Crippen molar-refractivity contribution in [1.29, 1.82) is 0 Å². The Balaban J connectivity index is 1.61. The number of aliphatic imine (C=N–C) groups is 1. The van der Waals surface area contributed by atoms with Crippen molar-refractivity contribution in [1.82, 2.24) is 19.7 Å². The SMILES string of the molecule is COC(=O)CC[C@@H]1N=C(c2ccccc2F)c2cc(Cl)ccc2-n2c(SCN3CCOCC3)nnc21. The van der Waals surface area contributed by atoms with E-state index in [0.717, 1.165) is 24.7 Å². The molecule has 0 aliphatic carbocycles. The molecule has 2 aromatic carbocycles. The van der Waals surface area contributed by atoms with Gasteiger partial charge in [0.25, 0.3) is 0 Å². The number of hydrogen-bond acceptors (Lipinski definition) is 8. The van der Waals surface area contributed by atoms with Gasteiger partial charge in [-0.3, -0.25) is 19.3 Å². The van der Waals surface area contributed by atoms with Gasteiger partial charge in [-0.25, -0.2) is 4.39 Å². The summed E-state index contributed by atoms with van der Waals surface area (Å²) < 4.78 is 27.3. The standard InChI is InChI=1S/C25H25ClFN5O3S/c1-34-22(33)9-7-20-24-29-30-25(36-15-31-10-12-35-13-11-31)32(24)21-8-6-16(26)14-18(21)23(28-20)17-4-2-3-5-19(17)27/h2-6,8,14,20H,7,9-13,15H2,1H3/t20-/m0/s1. The van der Waals surface area contributed by atoms with Gasteiger partial charge in [-0.05, 0) is 36.8 Å². The number of esters is 1. The van der Waals surface area contributed by atoms with Crippen LogP contribution in [0.5, 0.6) is 0 Å². The van der Waals surface area contributed by atoms with Crippen molar-refractivity contribution in [2.75, 3.05) is 39.3 Å². The first-order chi connectivity index (χ1) is 17.5. The number of ether oxygens (including phenoxy) is 2. The van der Waals surface area contributed by atoms with Crippen LogP contribution in [0.4, 0.5) is 4.39 Å². The molecule has 1 saturated heterocycles. The fraction of sp³-hybridized carbons (Fsp3) is 0.360. The fourth-order valence-corrected chi connectivity index (χ4v) is 5.44. The van der Waals surface area contributed by atoms with Crippen molar-refractivity contribution in [3.8, 4) is 5.69 Å². The van der Waals surface area contributed by atoms with Crippen molar-refractivity contribution in [2.45, 2.75) is 24.0 Å². The Hall–Kier alpha value is -2.79. The van der Waals surface area contributed by atoms with E-state index in [4.69, 9.17) is 26.1 Å². The van der Waals surface area contributed by atoms with E-state index in [0.29, 0.717) is 52.5 Å². The summed E-state index contributed by atoms with van der Waals surface area (Å²) >= 11 is 7.98. The highest BCUT2D eigenvalue weighted by Gasteiger charge is 2.31. The number of morpholine rings is 1. The first-order valence-corrected chi connectivity index (χ1v) is 13.0. The molecule has 5 rings (SSSR count). The van der Waals surface area contributed by atoms with Crippen molar-refractivity contribution in [2.24, 2.45) is 4.99 Å². The highest BCUT2D eigenvalue weighted by molar-refractivity contribution is 7.99. The molecule has 1 aromatic heterocycles. The number of thioether (sulfide) groups is 1. The van der Waals surface area contributed by atoms with E-state index < -0.39 is 11.9 Å². The number of halogens is 2. The summed E-state index contributed by atoms with van der Waals surface area (Å²) in [5.74, 6) is 0.556. The zero-order valence-electron chi connectivity index (χ0n) is 19.7. The van der Waals surface area contributed by atoms with Crippen LogP contribution in [-0.4, -0.2) is 70.6 Å². The van der Waals surface area contributed by atoms with Crippen LogP contribution in [0.15, 0.2) is 52.6 Å². The maximum Gasteiger partial charge on any atom is 0.305 e. The summed E-state index contributed by atoms with van der Waals surface area (Å²) in [5, 5.41) is 10.2. The summed E-state index contributed by atoms with van der Waals surface area (Å²) in [6.07, 6.45) is 0.466. The lowest BCUT2D eigenvalue weighted by Gasteiger charge is -2.25. The van der Waals surface area contributed by atoms with Gasteiger partial charge in [0.2, 0.25) is 0 Å². The van der Waals surface area contributed by atoms with Crippen LogP contribution in [0.3, 0.4) is 0 Å². The first-order valence-electron chi connectivity index (χ1n) is 11.6. The maximum atomic E-state index is 15.0. The molecule has 0 bridgehead atoms. The maximum absolute atomic E-state index is 15.0. The van der Waals surface area contributed by atoms with Crippen LogP contribution in [0, 0.1) is 5.82 Å². The third-order valence-corrected chi connectivity index (χ3v) is 7.41. The average molecular weight is 530 g/mol. The van der Waals surface area contributed by atoms with Crippen LogP contribution in [-0.2, 0) is 14.3 Å². The van der Waals surface area contributed by atoms with Crippen molar-refractivity contribution in [3.63, 3.8) is 0 Å². The molecule has 1 atom stereocenters. The lowest BCUT2D eigenvalue weighted by molar-refractivity contribution is -0.140. The molecule has 2 aliphatic rings. The summed E-state index contributed by atoms with van der Waals surface area (Å²) in [7, 11) is 1.35. The predicted octanol–water partition coefficient (Wildman–Crippen LogP) is 4.29. The van der Waals surface area contributed by atoms with E-state index in [1.165, 1.54) is 13.2 Å². The van der Waals surface area contributed by atoms with Crippen LogP contribution in [0.1, 0.15) is 35.8 Å². The number of fused-ring (bicyclic) bond motifs is 3. The largest absolute Gasteiger partial charge is 0.469 e. The van der Waals surface area contributed by atoms with Gasteiger partial charge in [0.05, 0.1) is 37.6 Å². The second kappa shape index (κ2) is 11.1. The Kier molecular flexibility index (Phi) is 7.66. The first kappa shape index (κ1) is 24.9. The van der Waals surface area contributed by atoms with E-state index in [1.54, 1.807) is 42.1 Å². The zero-order valence-corrected chi connectivity index (χ0v) is 21.3. The van der Waals surface area contributed by atoms with Gasteiger partial charge in [-0.2, -0.15) is 0 Å². The summed E-state index contributed by atoms with van der Waals surface area (Å²) in [6.45, 7) is 3.11. The van der Waals surface area contributed by atoms with Crippen LogP contribution < -0.4 is 0 Å². The monoisotopic (exact) mass is 529 g/mol. The molecule has 8 nitrogen and oxygen atoms in total. The molecule has 0 saturated carbocycles. The number of benzene rings is 2. The van der Waals surface area contributed by atoms with Crippen molar-refractivity contribution in [3.05, 3.63) is 70.3 Å². The molecular weight excluding hydrogens is 505 g/mol. The molecule has 0 radical (unpaired) electrons. The molecular formula is C25H25ClFN5O3S. The highest BCUT2D eigenvalue weighted by atomic mass is 35.5. The minimum Gasteiger partial charge on any atom is -0.469 e. The minimum atomic E-state index is -0.546. The molecule has 3 aromatic rings. The number of methoxy groups -OCH3 is 1. The Morgan fingerprint density at radius 1 is 1.19 bits per heavy atom. The molecule has 1 fully saturated rings. The molecule has 0 spiro atoms. The Morgan fingerprint density at radius 3 is 2.78 bits per heavy atom. The van der Waals surface area contributed by atoms with Gasteiger partial charge >= 0.3 is 5.97 Å². The fourth-order valence-electron chi connectivity index (χ4n) is 4.29. The Bertz CT molecular complexity index is 1290. The van der Waals surface area contributed by atoms with Gasteiger partial charge < -0.3 is 9.47 Å². The van der Waals surface area contributed by atoms with Crippen LogP contribution in [0.2, 0.25) is 5.02 Å². The normalized spacial score (nSPS) is 17.6. The van der Waals surface area contributed by atoms with Gasteiger partial charge in [-0.1, -0.05) is 35.5 Å². The topological polar surface area (TPSA) is 81.8 Å². The van der Waals surface area contributed by atoms with Crippen LogP contribution in [0.25, 0.3) is 5.69 Å². The van der Waals surface area contributed by atoms with E-state index >= 15 is 4.39 Å². The molecule has 0 unspecified atom stereocenters. The number of hydrogen-bond donors (Lipinski definition) is 0. The summed E-state index contributed by atoms with van der Waals surface area (Å²) in [6, 6.07) is 11.4. The molecule has 3 heterocycles. The second-order valence-electron chi connectivity index (χ2n) is 8.43. The van der Waals surface area contributed by atoms with Gasteiger partial charge in [0.15, 0.2) is 11.0 Å². The third-order valence-electron chi connectivity index (χ3n) is 6.15. The number of carbonyl (C=O) groups is 1. The van der Waals surface area contributed by atoms with Gasteiger partial charge in [0, 0.05) is 35.7 Å². The lowest BCUT2D eigenvalue weighted by Crippen LogP contribution is -2.35. The van der Waals surface area contributed by atoms with Gasteiger partial charge in [-0.15, -0.1) is 10.2 Å². The molecule has 11 heteroatoms. The highest BCUT2D eigenvalue weighted by Crippen LogP contribution is 2.37. The number of nitrogens with zero attached hydrogens (tertiary/aromatic N) is 5. The quantitative estimate of drug-likeness (QED) is 0.333. The third kappa shape index (κ3) is 5.17. The summed E-state index contributed by atoms with van der Waals surface area (Å²) in [5.41, 5.74) is 2.23. The molecule has 188 valence electrons. The Labute approximate surface area is 217 Å². The van der Waals surface area contributed by atoms with Crippen molar-refractivity contribution < 1.29 is 18.7 Å². The van der Waals surface area contributed by atoms with E-state index in [2.05, 4.69) is 15.1 Å². The van der Waals surface area contributed by atoms with E-state index in [1.807, 2.05) is 10.6 Å². The molecule has 36 heavy (non-hydrogen) atoms.